The highest BCUT2D eigenvalue weighted by Crippen LogP contribution is 2.72. The van der Waals surface area contributed by atoms with Gasteiger partial charge in [0.25, 0.3) is 0 Å². The minimum absolute atomic E-state index is 0.00425. The first-order valence-electron chi connectivity index (χ1n) is 21.7. The number of likely N-dealkylation sites (N-methyl/N-ethyl adjacent to an activating group) is 1. The minimum Gasteiger partial charge on any atom is -0.461 e. The molecule has 63 heavy (non-hydrogen) atoms. The summed E-state index contributed by atoms with van der Waals surface area (Å²) in [5, 5.41) is 14.0. The van der Waals surface area contributed by atoms with Gasteiger partial charge in [-0.2, -0.15) is 0 Å². The number of Topliss-reactive ketones (excluding diaryl/α,β-unsaturated/α-hetero) is 2. The largest absolute Gasteiger partial charge is 0.461 e. The van der Waals surface area contributed by atoms with Crippen LogP contribution in [0.5, 0.6) is 0 Å². The van der Waals surface area contributed by atoms with E-state index in [0.29, 0.717) is 5.56 Å². The number of aliphatic hydroxyl groups excluding tert-OH is 1. The second-order valence-corrected chi connectivity index (χ2v) is 19.1. The molecule has 334 valence electrons. The van der Waals surface area contributed by atoms with Gasteiger partial charge in [-0.3, -0.25) is 28.9 Å². The van der Waals surface area contributed by atoms with Crippen molar-refractivity contribution in [3.05, 3.63) is 107 Å². The number of hydrogen-bond acceptors (Lipinski definition) is 11. The van der Waals surface area contributed by atoms with Crippen molar-refractivity contribution in [1.82, 2.24) is 4.90 Å². The normalized spacial score (nSPS) is 33.1. The number of carbonyl (C=O) groups is 5. The second-order valence-electron chi connectivity index (χ2n) is 19.1. The van der Waals surface area contributed by atoms with Crippen LogP contribution in [0.4, 0.5) is 8.78 Å². The zero-order chi connectivity index (χ0) is 45.3. The van der Waals surface area contributed by atoms with Gasteiger partial charge in [0.1, 0.15) is 12.8 Å². The molecule has 8 rings (SSSR count). The summed E-state index contributed by atoms with van der Waals surface area (Å²) in [6.45, 7) is 5.70. The molecule has 1 saturated heterocycles. The molecule has 11 nitrogen and oxygen atoms in total. The van der Waals surface area contributed by atoms with Gasteiger partial charge in [-0.25, -0.2) is 8.78 Å². The molecule has 3 aromatic rings. The van der Waals surface area contributed by atoms with E-state index in [2.05, 4.69) is 0 Å². The molecule has 4 aliphatic carbocycles. The van der Waals surface area contributed by atoms with Gasteiger partial charge in [-0.05, 0) is 105 Å². The summed E-state index contributed by atoms with van der Waals surface area (Å²) in [6.07, 6.45) is -1.40. The van der Waals surface area contributed by atoms with E-state index in [1.54, 1.807) is 32.9 Å². The molecular formula is C50H55F2NO10. The van der Waals surface area contributed by atoms with E-state index in [4.69, 9.17) is 18.9 Å². The third-order valence-corrected chi connectivity index (χ3v) is 14.6. The Kier molecular flexibility index (Phi) is 11.5. The average Bonchev–Trinajstić information content (AvgIpc) is 3.65. The molecule has 0 unspecified atom stereocenters. The molecule has 13 heteroatoms. The van der Waals surface area contributed by atoms with Crippen LogP contribution in [0.25, 0.3) is 10.8 Å². The van der Waals surface area contributed by atoms with Crippen LogP contribution in [0.1, 0.15) is 82.5 Å². The van der Waals surface area contributed by atoms with Crippen LogP contribution < -0.4 is 0 Å². The Morgan fingerprint density at radius 2 is 1.56 bits per heavy atom. The predicted octanol–water partition coefficient (Wildman–Crippen LogP) is 7.01. The molecule has 1 heterocycles. The highest BCUT2D eigenvalue weighted by Gasteiger charge is 2.80. The zero-order valence-electron chi connectivity index (χ0n) is 36.5. The quantitative estimate of drug-likeness (QED) is 0.177. The van der Waals surface area contributed by atoms with Crippen LogP contribution in [0.3, 0.4) is 0 Å². The topological polar surface area (TPSA) is 146 Å². The van der Waals surface area contributed by atoms with Gasteiger partial charge in [0, 0.05) is 23.2 Å². The summed E-state index contributed by atoms with van der Waals surface area (Å²) in [5.41, 5.74) is -4.59. The molecule has 10 atom stereocenters. The van der Waals surface area contributed by atoms with Crippen molar-refractivity contribution < 1.29 is 56.8 Å². The van der Waals surface area contributed by atoms with Crippen LogP contribution in [-0.4, -0.2) is 95.4 Å². The second kappa shape index (κ2) is 16.2. The first-order valence-corrected chi connectivity index (χ1v) is 21.7. The summed E-state index contributed by atoms with van der Waals surface area (Å²) in [4.78, 5) is 67.7. The first kappa shape index (κ1) is 44.6. The number of ketones is 3. The van der Waals surface area contributed by atoms with Gasteiger partial charge in [0.2, 0.25) is 5.78 Å². The molecule has 0 bridgehead atoms. The fourth-order valence-corrected chi connectivity index (χ4v) is 11.8. The van der Waals surface area contributed by atoms with E-state index in [1.807, 2.05) is 73.6 Å². The van der Waals surface area contributed by atoms with Crippen LogP contribution >= 0.6 is 0 Å². The van der Waals surface area contributed by atoms with Crippen LogP contribution in [0.2, 0.25) is 0 Å². The number of halogens is 2. The van der Waals surface area contributed by atoms with Crippen LogP contribution in [0.15, 0.2) is 90.5 Å². The van der Waals surface area contributed by atoms with Crippen molar-refractivity contribution in [3.8, 4) is 0 Å². The number of benzene rings is 3. The van der Waals surface area contributed by atoms with E-state index in [-0.39, 0.29) is 56.5 Å². The molecule has 4 fully saturated rings. The summed E-state index contributed by atoms with van der Waals surface area (Å²) >= 11 is 0. The van der Waals surface area contributed by atoms with E-state index in [1.165, 1.54) is 19.1 Å². The first-order chi connectivity index (χ1) is 29.7. The van der Waals surface area contributed by atoms with Gasteiger partial charge < -0.3 is 24.1 Å². The van der Waals surface area contributed by atoms with Crippen molar-refractivity contribution in [2.45, 2.75) is 114 Å². The van der Waals surface area contributed by atoms with Gasteiger partial charge >= 0.3 is 11.9 Å². The van der Waals surface area contributed by atoms with E-state index in [9.17, 15) is 29.1 Å². The van der Waals surface area contributed by atoms with Crippen molar-refractivity contribution in [1.29, 1.82) is 0 Å². The maximum absolute atomic E-state index is 17.7. The number of ether oxygens (including phenoxy) is 4. The molecule has 5 aliphatic rings. The summed E-state index contributed by atoms with van der Waals surface area (Å²) in [7, 11) is 3.70. The summed E-state index contributed by atoms with van der Waals surface area (Å²) < 4.78 is 57.3. The molecule has 0 spiro atoms. The van der Waals surface area contributed by atoms with Crippen molar-refractivity contribution in [2.75, 3.05) is 20.7 Å². The van der Waals surface area contributed by atoms with Crippen molar-refractivity contribution in [2.24, 2.45) is 22.7 Å². The maximum Gasteiger partial charge on any atom is 0.306 e. The lowest BCUT2D eigenvalue weighted by Gasteiger charge is -2.63. The number of aliphatic hydroxyl groups is 1. The van der Waals surface area contributed by atoms with Gasteiger partial charge in [-0.15, -0.1) is 0 Å². The molecule has 1 N–H and O–H groups in total. The van der Waals surface area contributed by atoms with Gasteiger partial charge in [-0.1, -0.05) is 79.7 Å². The highest BCUT2D eigenvalue weighted by molar-refractivity contribution is 6.01. The maximum atomic E-state index is 17.7. The molecule has 0 radical (unpaired) electrons. The number of allylic oxidation sites excluding steroid dienone is 4. The Bertz CT molecular complexity index is 2410. The third kappa shape index (κ3) is 7.48. The lowest BCUT2D eigenvalue weighted by molar-refractivity contribution is -0.249. The average molecular weight is 868 g/mol. The standard InChI is InChI=1S/C50H55F2NO10/c1-46(2)62-42-25-35-36-24-38(51)37-23-34(54)19-20-47(37,3)49(36,52)40(56)26-48(35,4)50(42,63-46)41(57)28-61-44(59)18-17-43(58)60-27-29-11-15-32(16-12-29)45(53(5)6)39(55)22-30-13-14-31-9-7-8-10-33(31)21-30/h7-16,19-21,23,35-36,38,40,42,45,56H,17-18,22,24-28H2,1-6H3/t35-,36-,38-,40-,42+,45+,47-,48-,49-,50+/m0/s1. The Balaban J connectivity index is 0.865. The molecule has 3 aromatic carbocycles. The fraction of sp³-hybridized carbons (Fsp3) is 0.500. The number of nitrogens with zero attached hydrogens (tertiary/aromatic N) is 1. The van der Waals surface area contributed by atoms with E-state index >= 15 is 8.78 Å². The van der Waals surface area contributed by atoms with E-state index < -0.39 is 94.3 Å². The summed E-state index contributed by atoms with van der Waals surface area (Å²) in [6, 6.07) is 20.8. The molecule has 0 amide bonds. The Morgan fingerprint density at radius 3 is 2.25 bits per heavy atom. The lowest BCUT2D eigenvalue weighted by atomic mass is 9.44. The monoisotopic (exact) mass is 867 g/mol. The summed E-state index contributed by atoms with van der Waals surface area (Å²) in [5.74, 6) is -5.55. The van der Waals surface area contributed by atoms with E-state index in [0.717, 1.165) is 28.0 Å². The van der Waals surface area contributed by atoms with Crippen LogP contribution in [0, 0.1) is 22.7 Å². The number of esters is 2. The number of rotatable bonds is 13. The highest BCUT2D eigenvalue weighted by atomic mass is 19.1. The van der Waals surface area contributed by atoms with Gasteiger partial charge in [0.05, 0.1) is 31.1 Å². The van der Waals surface area contributed by atoms with Crippen LogP contribution in [-0.2, 0) is 55.9 Å². The number of fused-ring (bicyclic) bond motifs is 8. The molecule has 3 saturated carbocycles. The predicted molar refractivity (Wildman–Crippen MR) is 227 cm³/mol. The fourth-order valence-electron chi connectivity index (χ4n) is 11.8. The van der Waals surface area contributed by atoms with Gasteiger partial charge in [0.15, 0.2) is 35.2 Å². The molecular weight excluding hydrogens is 813 g/mol. The lowest BCUT2D eigenvalue weighted by Crippen LogP contribution is -2.71. The Labute approximate surface area is 365 Å². The number of carbonyl (C=O) groups excluding carboxylic acids is 5. The van der Waals surface area contributed by atoms with Crippen molar-refractivity contribution in [3.63, 3.8) is 0 Å². The number of alkyl halides is 2. The van der Waals surface area contributed by atoms with Crippen molar-refractivity contribution >= 4 is 40.1 Å². The minimum atomic E-state index is -2.36. The third-order valence-electron chi connectivity index (χ3n) is 14.6. The number of hydrogen-bond donors (Lipinski definition) is 1. The smallest absolute Gasteiger partial charge is 0.306 e. The SMILES string of the molecule is CN(C)[C@@H](C(=O)Cc1ccc2ccccc2c1)c1ccc(COC(=O)CCC(=O)OCC(=O)[C@@]23OC(C)(C)O[C@@H]2C[C@H]2[C@@H]4C[C@H](F)C5=CC(=O)C=C[C@]5(C)[C@@]4(F)[C@@H](O)C[C@@]23C)cc1. The molecule has 0 aromatic heterocycles. The Morgan fingerprint density at radius 1 is 0.889 bits per heavy atom. The molecule has 1 aliphatic heterocycles. The zero-order valence-corrected chi connectivity index (χ0v) is 36.5. The Hall–Kier alpha value is -4.95.